The normalized spacial score (nSPS) is 15.2. The van der Waals surface area contributed by atoms with Crippen LogP contribution in [0, 0.1) is 0 Å². The Kier molecular flexibility index (Phi) is 2.89. The third-order valence-electron chi connectivity index (χ3n) is 2.14. The first-order valence-corrected chi connectivity index (χ1v) is 5.29. The zero-order chi connectivity index (χ0) is 11.7. The highest BCUT2D eigenvalue weighted by atomic mass is 35.5. The minimum atomic E-state index is -0.434. The topological polar surface area (TPSA) is 49.4 Å². The van der Waals surface area contributed by atoms with Crippen LogP contribution in [0.3, 0.4) is 0 Å². The molecule has 1 saturated heterocycles. The van der Waals surface area contributed by atoms with Gasteiger partial charge in [0.25, 0.3) is 11.8 Å². The second-order valence-corrected chi connectivity index (χ2v) is 4.02. The third kappa shape index (κ3) is 1.91. The first-order chi connectivity index (χ1) is 7.59. The number of nitrogens with one attached hydrogen (secondary N) is 1. The summed E-state index contributed by atoms with van der Waals surface area (Å²) in [5.41, 5.74) is 0.379. The molecule has 1 aliphatic heterocycles. The molecular weight excluding hydrogens is 248 g/mol. The van der Waals surface area contributed by atoms with E-state index in [-0.39, 0.29) is 17.6 Å². The standard InChI is InChI=1S/C10H7ClN2O2S/c11-7-3-1-6(2-4-7)9(15)13-8(14)5-12-10(13)16/h1-4H,5H2,(H,12,16). The first kappa shape index (κ1) is 11.0. The molecule has 0 spiro atoms. The lowest BCUT2D eigenvalue weighted by atomic mass is 10.2. The molecule has 0 radical (unpaired) electrons. The van der Waals surface area contributed by atoms with Crippen LogP contribution in [0.5, 0.6) is 0 Å². The van der Waals surface area contributed by atoms with Crippen molar-refractivity contribution in [2.24, 2.45) is 0 Å². The van der Waals surface area contributed by atoms with Crippen molar-refractivity contribution in [3.63, 3.8) is 0 Å². The Balaban J connectivity index is 2.28. The van der Waals surface area contributed by atoms with Crippen LogP contribution in [0.15, 0.2) is 24.3 Å². The second-order valence-electron chi connectivity index (χ2n) is 3.20. The number of rotatable bonds is 1. The van der Waals surface area contributed by atoms with Crippen LogP contribution < -0.4 is 5.32 Å². The fourth-order valence-corrected chi connectivity index (χ4v) is 1.73. The summed E-state index contributed by atoms with van der Waals surface area (Å²) in [6.45, 7) is 0.0676. The van der Waals surface area contributed by atoms with Crippen LogP contribution in [0.25, 0.3) is 0 Å². The molecule has 1 aliphatic rings. The Bertz CT molecular complexity index is 456. The number of carbonyl (C=O) groups is 2. The Morgan fingerprint density at radius 1 is 1.38 bits per heavy atom. The molecule has 2 amide bonds. The van der Waals surface area contributed by atoms with Gasteiger partial charge in [-0.15, -0.1) is 0 Å². The van der Waals surface area contributed by atoms with Crippen LogP contribution in [0.1, 0.15) is 10.4 Å². The van der Waals surface area contributed by atoms with Gasteiger partial charge in [-0.25, -0.2) is 4.90 Å². The minimum Gasteiger partial charge on any atom is -0.353 e. The molecule has 16 heavy (non-hydrogen) atoms. The zero-order valence-electron chi connectivity index (χ0n) is 8.07. The number of nitrogens with zero attached hydrogens (tertiary/aromatic N) is 1. The molecule has 4 nitrogen and oxygen atoms in total. The molecule has 0 aliphatic carbocycles. The van der Waals surface area contributed by atoms with E-state index in [1.54, 1.807) is 24.3 Å². The average molecular weight is 255 g/mol. The van der Waals surface area contributed by atoms with E-state index in [1.165, 1.54) is 0 Å². The minimum absolute atomic E-state index is 0.0676. The summed E-state index contributed by atoms with van der Waals surface area (Å²) in [6.07, 6.45) is 0. The number of carbonyl (C=O) groups excluding carboxylic acids is 2. The van der Waals surface area contributed by atoms with Crippen LogP contribution in [-0.2, 0) is 4.79 Å². The van der Waals surface area contributed by atoms with E-state index >= 15 is 0 Å². The smallest absolute Gasteiger partial charge is 0.266 e. The third-order valence-corrected chi connectivity index (χ3v) is 2.72. The van der Waals surface area contributed by atoms with E-state index in [4.69, 9.17) is 23.8 Å². The Hall–Kier alpha value is -1.46. The zero-order valence-corrected chi connectivity index (χ0v) is 9.64. The Labute approximate surface area is 102 Å². The van der Waals surface area contributed by atoms with Gasteiger partial charge >= 0.3 is 0 Å². The second kappa shape index (κ2) is 4.19. The number of hydrogen-bond acceptors (Lipinski definition) is 3. The summed E-state index contributed by atoms with van der Waals surface area (Å²) in [5.74, 6) is -0.776. The predicted molar refractivity (Wildman–Crippen MR) is 63.2 cm³/mol. The van der Waals surface area contributed by atoms with Gasteiger partial charge in [-0.2, -0.15) is 0 Å². The van der Waals surface area contributed by atoms with Gasteiger partial charge in [0.15, 0.2) is 5.11 Å². The van der Waals surface area contributed by atoms with Crippen molar-refractivity contribution in [2.75, 3.05) is 6.54 Å². The lowest BCUT2D eigenvalue weighted by Gasteiger charge is -2.12. The van der Waals surface area contributed by atoms with Crippen LogP contribution in [0.4, 0.5) is 0 Å². The molecule has 1 aromatic rings. The van der Waals surface area contributed by atoms with E-state index < -0.39 is 5.91 Å². The van der Waals surface area contributed by atoms with Crippen molar-refractivity contribution in [3.8, 4) is 0 Å². The number of hydrogen-bond donors (Lipinski definition) is 1. The van der Waals surface area contributed by atoms with Crippen LogP contribution in [0.2, 0.25) is 5.02 Å². The molecule has 1 fully saturated rings. The summed E-state index contributed by atoms with van der Waals surface area (Å²) in [6, 6.07) is 6.29. The van der Waals surface area contributed by atoms with Gasteiger partial charge in [0.1, 0.15) is 0 Å². The molecule has 0 saturated carbocycles. The molecule has 2 rings (SSSR count). The van der Waals surface area contributed by atoms with E-state index in [0.29, 0.717) is 10.6 Å². The van der Waals surface area contributed by atoms with E-state index in [9.17, 15) is 9.59 Å². The molecular formula is C10H7ClN2O2S. The quantitative estimate of drug-likeness (QED) is 0.604. The molecule has 0 aromatic heterocycles. The van der Waals surface area contributed by atoms with Crippen molar-refractivity contribution in [1.82, 2.24) is 10.2 Å². The Morgan fingerprint density at radius 2 is 2.00 bits per heavy atom. The number of thiocarbonyl (C=S) groups is 1. The van der Waals surface area contributed by atoms with E-state index in [2.05, 4.69) is 5.32 Å². The molecule has 0 unspecified atom stereocenters. The summed E-state index contributed by atoms with van der Waals surface area (Å²) < 4.78 is 0. The monoisotopic (exact) mass is 254 g/mol. The van der Waals surface area contributed by atoms with Gasteiger partial charge < -0.3 is 5.32 Å². The van der Waals surface area contributed by atoms with Gasteiger partial charge in [-0.1, -0.05) is 11.6 Å². The van der Waals surface area contributed by atoms with Gasteiger partial charge in [-0.3, -0.25) is 9.59 Å². The summed E-state index contributed by atoms with van der Waals surface area (Å²) in [7, 11) is 0. The van der Waals surface area contributed by atoms with Gasteiger partial charge in [0.2, 0.25) is 0 Å². The maximum absolute atomic E-state index is 11.9. The SMILES string of the molecule is O=C1CNC(=S)N1C(=O)c1ccc(Cl)cc1. The fraction of sp³-hybridized carbons (Fsp3) is 0.100. The highest BCUT2D eigenvalue weighted by Crippen LogP contribution is 2.13. The Morgan fingerprint density at radius 3 is 2.50 bits per heavy atom. The van der Waals surface area contributed by atoms with Crippen molar-refractivity contribution < 1.29 is 9.59 Å². The van der Waals surface area contributed by atoms with Gasteiger partial charge in [-0.05, 0) is 36.5 Å². The first-order valence-electron chi connectivity index (χ1n) is 4.50. The van der Waals surface area contributed by atoms with Crippen molar-refractivity contribution >= 4 is 40.7 Å². The maximum atomic E-state index is 11.9. The molecule has 1 heterocycles. The van der Waals surface area contributed by atoms with Gasteiger partial charge in [0.05, 0.1) is 6.54 Å². The average Bonchev–Trinajstić information content (AvgIpc) is 2.59. The summed E-state index contributed by atoms with van der Waals surface area (Å²) in [5, 5.41) is 3.32. The van der Waals surface area contributed by atoms with Crippen LogP contribution in [-0.4, -0.2) is 28.4 Å². The largest absolute Gasteiger partial charge is 0.353 e. The lowest BCUT2D eigenvalue weighted by Crippen LogP contribution is -2.36. The molecule has 82 valence electrons. The van der Waals surface area contributed by atoms with E-state index in [1.807, 2.05) is 0 Å². The molecule has 0 atom stereocenters. The molecule has 1 aromatic carbocycles. The predicted octanol–water partition coefficient (Wildman–Crippen LogP) is 1.20. The highest BCUT2D eigenvalue weighted by Gasteiger charge is 2.31. The van der Waals surface area contributed by atoms with Gasteiger partial charge in [0, 0.05) is 10.6 Å². The lowest BCUT2D eigenvalue weighted by molar-refractivity contribution is -0.122. The maximum Gasteiger partial charge on any atom is 0.266 e. The highest BCUT2D eigenvalue weighted by molar-refractivity contribution is 7.80. The number of imide groups is 1. The van der Waals surface area contributed by atoms with Crippen molar-refractivity contribution in [1.29, 1.82) is 0 Å². The van der Waals surface area contributed by atoms with Crippen LogP contribution >= 0.6 is 23.8 Å². The number of halogens is 1. The molecule has 6 heteroatoms. The summed E-state index contributed by atoms with van der Waals surface area (Å²) >= 11 is 10.6. The van der Waals surface area contributed by atoms with E-state index in [0.717, 1.165) is 4.90 Å². The molecule has 1 N–H and O–H groups in total. The summed E-state index contributed by atoms with van der Waals surface area (Å²) in [4.78, 5) is 24.3. The van der Waals surface area contributed by atoms with Crippen molar-refractivity contribution in [3.05, 3.63) is 34.9 Å². The number of amides is 2. The van der Waals surface area contributed by atoms with Crippen molar-refractivity contribution in [2.45, 2.75) is 0 Å². The number of benzene rings is 1. The fourth-order valence-electron chi connectivity index (χ4n) is 1.35. The molecule has 0 bridgehead atoms.